The number of nitrogens with one attached hydrogen (secondary N) is 2. The van der Waals surface area contributed by atoms with Gasteiger partial charge in [0.25, 0.3) is 0 Å². The van der Waals surface area contributed by atoms with Gasteiger partial charge in [-0.1, -0.05) is 29.8 Å². The van der Waals surface area contributed by atoms with Crippen molar-refractivity contribution in [3.8, 4) is 0 Å². The van der Waals surface area contributed by atoms with E-state index in [2.05, 4.69) is 26.6 Å². The molecule has 0 bridgehead atoms. The van der Waals surface area contributed by atoms with Crippen LogP contribution in [0.15, 0.2) is 22.7 Å². The molecule has 2 amide bonds. The van der Waals surface area contributed by atoms with Crippen LogP contribution in [0.5, 0.6) is 0 Å². The molecular weight excluding hydrogens is 324 g/mol. The highest BCUT2D eigenvalue weighted by Gasteiger charge is 2.21. The van der Waals surface area contributed by atoms with Gasteiger partial charge in [-0.05, 0) is 43.0 Å². The predicted octanol–water partition coefficient (Wildman–Crippen LogP) is 3.38. The molecule has 0 aromatic heterocycles. The topological polar surface area (TPSA) is 78.4 Å². The van der Waals surface area contributed by atoms with E-state index in [0.717, 1.165) is 10.0 Å². The van der Waals surface area contributed by atoms with Crippen LogP contribution in [0.4, 0.5) is 10.5 Å². The fraction of sp³-hybridized carbons (Fsp3) is 0.429. The molecule has 0 saturated heterocycles. The minimum absolute atomic E-state index is 0.186. The minimum atomic E-state index is -1.03. The van der Waals surface area contributed by atoms with Gasteiger partial charge in [-0.25, -0.2) is 9.59 Å². The number of aryl methyl sites for hydroxylation is 1. The Hall–Kier alpha value is -1.56. The smallest absolute Gasteiger partial charge is 0.326 e. The zero-order valence-electron chi connectivity index (χ0n) is 11.7. The molecule has 3 N–H and O–H groups in total. The van der Waals surface area contributed by atoms with E-state index in [0.29, 0.717) is 12.1 Å². The molecule has 0 radical (unpaired) electrons. The molecule has 20 heavy (non-hydrogen) atoms. The van der Waals surface area contributed by atoms with Gasteiger partial charge in [-0.3, -0.25) is 0 Å². The second-order valence-corrected chi connectivity index (χ2v) is 5.94. The summed E-state index contributed by atoms with van der Waals surface area (Å²) in [6, 6.07) is 3.98. The van der Waals surface area contributed by atoms with Crippen LogP contribution in [-0.4, -0.2) is 23.1 Å². The number of aliphatic carboxylic acids is 1. The first-order chi connectivity index (χ1) is 9.29. The van der Waals surface area contributed by atoms with Crippen molar-refractivity contribution in [2.24, 2.45) is 5.92 Å². The lowest BCUT2D eigenvalue weighted by Gasteiger charge is -2.17. The van der Waals surface area contributed by atoms with Gasteiger partial charge in [-0.15, -0.1) is 0 Å². The number of carbonyl (C=O) groups is 2. The van der Waals surface area contributed by atoms with Crippen molar-refractivity contribution >= 4 is 33.6 Å². The van der Waals surface area contributed by atoms with Gasteiger partial charge in [0.1, 0.15) is 6.04 Å². The molecule has 0 fully saturated rings. The molecule has 1 rings (SSSR count). The molecule has 0 aliphatic heterocycles. The van der Waals surface area contributed by atoms with Crippen molar-refractivity contribution in [3.63, 3.8) is 0 Å². The second-order valence-electron chi connectivity index (χ2n) is 5.08. The molecule has 0 saturated carbocycles. The summed E-state index contributed by atoms with van der Waals surface area (Å²) in [7, 11) is 0. The van der Waals surface area contributed by atoms with Crippen molar-refractivity contribution in [1.29, 1.82) is 0 Å². The fourth-order valence-corrected chi connectivity index (χ4v) is 1.99. The van der Waals surface area contributed by atoms with E-state index in [9.17, 15) is 9.59 Å². The summed E-state index contributed by atoms with van der Waals surface area (Å²) in [5, 5.41) is 14.2. The third-order valence-electron chi connectivity index (χ3n) is 2.73. The SMILES string of the molecule is Cc1cc(NC(=O)N[C@H](CC(C)C)C(=O)O)ccc1Br. The highest BCUT2D eigenvalue weighted by Crippen LogP contribution is 2.19. The van der Waals surface area contributed by atoms with Crippen LogP contribution in [0, 0.1) is 12.8 Å². The lowest BCUT2D eigenvalue weighted by molar-refractivity contribution is -0.139. The van der Waals surface area contributed by atoms with Crippen molar-refractivity contribution in [2.75, 3.05) is 5.32 Å². The maximum atomic E-state index is 11.8. The number of carbonyl (C=O) groups excluding carboxylic acids is 1. The van der Waals surface area contributed by atoms with Crippen molar-refractivity contribution in [1.82, 2.24) is 5.32 Å². The number of hydrogen-bond acceptors (Lipinski definition) is 2. The number of hydrogen-bond donors (Lipinski definition) is 3. The van der Waals surface area contributed by atoms with Crippen LogP contribution in [0.3, 0.4) is 0 Å². The van der Waals surface area contributed by atoms with Gasteiger partial charge in [0.2, 0.25) is 0 Å². The molecule has 0 heterocycles. The van der Waals surface area contributed by atoms with Gasteiger partial charge in [0.05, 0.1) is 0 Å². The van der Waals surface area contributed by atoms with E-state index < -0.39 is 18.0 Å². The van der Waals surface area contributed by atoms with Crippen LogP contribution in [0.2, 0.25) is 0 Å². The standard InChI is InChI=1S/C14H19BrN2O3/c1-8(2)6-12(13(18)19)17-14(20)16-10-4-5-11(15)9(3)7-10/h4-5,7-8,12H,6H2,1-3H3,(H,18,19)(H2,16,17,20)/t12-/m1/s1. The first kappa shape index (κ1) is 16.5. The van der Waals surface area contributed by atoms with Crippen molar-refractivity contribution in [3.05, 3.63) is 28.2 Å². The molecule has 110 valence electrons. The number of halogens is 1. The summed E-state index contributed by atoms with van der Waals surface area (Å²) in [6.45, 7) is 5.73. The first-order valence-corrected chi connectivity index (χ1v) is 7.15. The molecular formula is C14H19BrN2O3. The Bertz CT molecular complexity index is 503. The Kier molecular flexibility index (Phi) is 6.01. The molecule has 0 aliphatic rings. The third kappa shape index (κ3) is 5.21. The quantitative estimate of drug-likeness (QED) is 0.767. The Morgan fingerprint density at radius 1 is 1.35 bits per heavy atom. The van der Waals surface area contributed by atoms with Crippen molar-refractivity contribution in [2.45, 2.75) is 33.2 Å². The maximum Gasteiger partial charge on any atom is 0.326 e. The summed E-state index contributed by atoms with van der Waals surface area (Å²) in [6.07, 6.45) is 0.391. The Balaban J connectivity index is 2.65. The van der Waals surface area contributed by atoms with Gasteiger partial charge in [0.15, 0.2) is 0 Å². The molecule has 0 spiro atoms. The van der Waals surface area contributed by atoms with Gasteiger partial charge >= 0.3 is 12.0 Å². The van der Waals surface area contributed by atoms with E-state index in [4.69, 9.17) is 5.11 Å². The van der Waals surface area contributed by atoms with Gasteiger partial charge in [-0.2, -0.15) is 0 Å². The first-order valence-electron chi connectivity index (χ1n) is 6.36. The van der Waals surface area contributed by atoms with E-state index in [1.165, 1.54) is 0 Å². The number of amides is 2. The summed E-state index contributed by atoms with van der Waals surface area (Å²) in [5.41, 5.74) is 1.61. The Labute approximate surface area is 126 Å². The number of carboxylic acid groups (broad SMARTS) is 1. The zero-order chi connectivity index (χ0) is 15.3. The maximum absolute atomic E-state index is 11.8. The summed E-state index contributed by atoms with van der Waals surface area (Å²) >= 11 is 3.38. The van der Waals surface area contributed by atoms with E-state index in [1.807, 2.05) is 32.9 Å². The lowest BCUT2D eigenvalue weighted by atomic mass is 10.0. The molecule has 0 unspecified atom stereocenters. The Morgan fingerprint density at radius 3 is 2.50 bits per heavy atom. The van der Waals surface area contributed by atoms with E-state index in [-0.39, 0.29) is 5.92 Å². The highest BCUT2D eigenvalue weighted by atomic mass is 79.9. The normalized spacial score (nSPS) is 12.1. The average Bonchev–Trinajstić information content (AvgIpc) is 2.32. The number of rotatable bonds is 5. The van der Waals surface area contributed by atoms with Gasteiger partial charge < -0.3 is 15.7 Å². The molecule has 1 aromatic carbocycles. The van der Waals surface area contributed by atoms with Gasteiger partial charge in [0, 0.05) is 10.2 Å². The molecule has 5 nitrogen and oxygen atoms in total. The Morgan fingerprint density at radius 2 is 2.00 bits per heavy atom. The number of anilines is 1. The van der Waals surface area contributed by atoms with Crippen LogP contribution in [0.25, 0.3) is 0 Å². The monoisotopic (exact) mass is 342 g/mol. The number of benzene rings is 1. The second kappa shape index (κ2) is 7.28. The van der Waals surface area contributed by atoms with Crippen molar-refractivity contribution < 1.29 is 14.7 Å². The average molecular weight is 343 g/mol. The fourth-order valence-electron chi connectivity index (χ4n) is 1.74. The lowest BCUT2D eigenvalue weighted by Crippen LogP contribution is -2.43. The van der Waals surface area contributed by atoms with Crippen LogP contribution in [0.1, 0.15) is 25.8 Å². The van der Waals surface area contributed by atoms with E-state index >= 15 is 0 Å². The molecule has 1 aromatic rings. The third-order valence-corrected chi connectivity index (χ3v) is 3.62. The minimum Gasteiger partial charge on any atom is -0.480 e. The predicted molar refractivity (Wildman–Crippen MR) is 81.9 cm³/mol. The van der Waals surface area contributed by atoms with E-state index in [1.54, 1.807) is 6.07 Å². The van der Waals surface area contributed by atoms with Crippen LogP contribution >= 0.6 is 15.9 Å². The summed E-state index contributed by atoms with van der Waals surface area (Å²) in [5.74, 6) is -0.841. The summed E-state index contributed by atoms with van der Waals surface area (Å²) < 4.78 is 0.951. The highest BCUT2D eigenvalue weighted by molar-refractivity contribution is 9.10. The zero-order valence-corrected chi connectivity index (χ0v) is 13.3. The van der Waals surface area contributed by atoms with Crippen LogP contribution in [-0.2, 0) is 4.79 Å². The molecule has 0 aliphatic carbocycles. The van der Waals surface area contributed by atoms with Crippen LogP contribution < -0.4 is 10.6 Å². The molecule has 6 heteroatoms. The summed E-state index contributed by atoms with van der Waals surface area (Å²) in [4.78, 5) is 22.9. The number of carboxylic acids is 1. The number of urea groups is 1. The largest absolute Gasteiger partial charge is 0.480 e. The molecule has 1 atom stereocenters.